The van der Waals surface area contributed by atoms with Crippen molar-refractivity contribution in [3.8, 4) is 0 Å². The lowest BCUT2D eigenvalue weighted by atomic mass is 10.1. The van der Waals surface area contributed by atoms with E-state index in [1.54, 1.807) is 6.20 Å². The minimum Gasteiger partial charge on any atom is -0.356 e. The normalized spacial score (nSPS) is 17.8. The molecular weight excluding hydrogens is 304 g/mol. The molecule has 17 heavy (non-hydrogen) atoms. The van der Waals surface area contributed by atoms with Crippen molar-refractivity contribution in [2.75, 3.05) is 24.5 Å². The van der Waals surface area contributed by atoms with Crippen LogP contribution in [-0.2, 0) is 0 Å². The van der Waals surface area contributed by atoms with Crippen molar-refractivity contribution in [2.24, 2.45) is 11.7 Å². The summed E-state index contributed by atoms with van der Waals surface area (Å²) >= 11 is 5.77. The predicted octanol–water partition coefficient (Wildman–Crippen LogP) is 2.79. The van der Waals surface area contributed by atoms with Crippen LogP contribution >= 0.6 is 48.8 Å². The molecule has 100 valence electrons. The molecule has 2 heterocycles. The van der Waals surface area contributed by atoms with E-state index >= 15 is 0 Å². The SMILES string of the molecule is Cl.Cl.Cl.NCC1CCN(c2ccc(Cl)cn2)C1. The Kier molecular flexibility index (Phi) is 10.3. The van der Waals surface area contributed by atoms with E-state index < -0.39 is 0 Å². The van der Waals surface area contributed by atoms with E-state index in [0.29, 0.717) is 10.9 Å². The van der Waals surface area contributed by atoms with Gasteiger partial charge in [-0.3, -0.25) is 0 Å². The smallest absolute Gasteiger partial charge is 0.128 e. The van der Waals surface area contributed by atoms with Gasteiger partial charge in [0.2, 0.25) is 0 Å². The minimum absolute atomic E-state index is 0. The van der Waals surface area contributed by atoms with Crippen LogP contribution in [0.4, 0.5) is 5.82 Å². The average Bonchev–Trinajstić information content (AvgIpc) is 2.67. The molecule has 0 amide bonds. The van der Waals surface area contributed by atoms with Gasteiger partial charge in [-0.05, 0) is 31.0 Å². The van der Waals surface area contributed by atoms with Gasteiger partial charge in [0.05, 0.1) is 5.02 Å². The van der Waals surface area contributed by atoms with Crippen molar-refractivity contribution in [3.63, 3.8) is 0 Å². The highest BCUT2D eigenvalue weighted by Crippen LogP contribution is 2.22. The molecule has 0 aromatic carbocycles. The first-order chi connectivity index (χ1) is 6.79. The van der Waals surface area contributed by atoms with Gasteiger partial charge >= 0.3 is 0 Å². The maximum Gasteiger partial charge on any atom is 0.128 e. The van der Waals surface area contributed by atoms with Crippen LogP contribution in [0, 0.1) is 5.92 Å². The Morgan fingerprint density at radius 1 is 1.35 bits per heavy atom. The number of hydrogen-bond acceptors (Lipinski definition) is 3. The lowest BCUT2D eigenvalue weighted by molar-refractivity contribution is 0.602. The van der Waals surface area contributed by atoms with E-state index in [-0.39, 0.29) is 37.2 Å². The summed E-state index contributed by atoms with van der Waals surface area (Å²) in [5.74, 6) is 1.62. The molecule has 2 rings (SSSR count). The second-order valence-corrected chi connectivity index (χ2v) is 4.11. The van der Waals surface area contributed by atoms with Gasteiger partial charge in [0.25, 0.3) is 0 Å². The summed E-state index contributed by atoms with van der Waals surface area (Å²) in [4.78, 5) is 6.54. The largest absolute Gasteiger partial charge is 0.356 e. The second-order valence-electron chi connectivity index (χ2n) is 3.67. The van der Waals surface area contributed by atoms with Crippen molar-refractivity contribution in [1.29, 1.82) is 0 Å². The van der Waals surface area contributed by atoms with Crippen LogP contribution in [0.5, 0.6) is 0 Å². The van der Waals surface area contributed by atoms with E-state index in [4.69, 9.17) is 17.3 Å². The first-order valence-corrected chi connectivity index (χ1v) is 5.24. The third-order valence-electron chi connectivity index (χ3n) is 2.65. The highest BCUT2D eigenvalue weighted by molar-refractivity contribution is 6.30. The molecule has 1 atom stereocenters. The molecule has 0 radical (unpaired) electrons. The molecule has 0 aliphatic carbocycles. The average molecular weight is 321 g/mol. The topological polar surface area (TPSA) is 42.1 Å². The van der Waals surface area contributed by atoms with Crippen molar-refractivity contribution in [3.05, 3.63) is 23.4 Å². The quantitative estimate of drug-likeness (QED) is 0.911. The second kappa shape index (κ2) is 9.06. The number of nitrogens with zero attached hydrogens (tertiary/aromatic N) is 2. The molecule has 3 nitrogen and oxygen atoms in total. The Hall–Kier alpha value is 0.0700. The molecule has 0 saturated carbocycles. The molecule has 1 aliphatic rings. The summed E-state index contributed by atoms with van der Waals surface area (Å²) in [5, 5.41) is 0.684. The predicted molar refractivity (Wildman–Crippen MR) is 80.4 cm³/mol. The lowest BCUT2D eigenvalue weighted by Crippen LogP contribution is -2.23. The highest BCUT2D eigenvalue weighted by Gasteiger charge is 2.21. The first-order valence-electron chi connectivity index (χ1n) is 4.86. The fourth-order valence-electron chi connectivity index (χ4n) is 1.79. The van der Waals surface area contributed by atoms with Crippen LogP contribution < -0.4 is 10.6 Å². The number of hydrogen-bond donors (Lipinski definition) is 1. The van der Waals surface area contributed by atoms with E-state index in [2.05, 4.69) is 9.88 Å². The van der Waals surface area contributed by atoms with Gasteiger partial charge in [0.1, 0.15) is 5.82 Å². The maximum atomic E-state index is 5.77. The number of rotatable bonds is 2. The number of halogens is 4. The fourth-order valence-corrected chi connectivity index (χ4v) is 1.90. The summed E-state index contributed by atoms with van der Waals surface area (Å²) in [6, 6.07) is 3.83. The van der Waals surface area contributed by atoms with E-state index in [1.807, 2.05) is 12.1 Å². The van der Waals surface area contributed by atoms with Crippen LogP contribution in [0.15, 0.2) is 18.3 Å². The zero-order chi connectivity index (χ0) is 9.97. The van der Waals surface area contributed by atoms with Crippen molar-refractivity contribution < 1.29 is 0 Å². The molecule has 1 saturated heterocycles. The van der Waals surface area contributed by atoms with Crippen LogP contribution in [0.3, 0.4) is 0 Å². The number of aromatic nitrogens is 1. The molecule has 7 heteroatoms. The zero-order valence-electron chi connectivity index (χ0n) is 9.21. The molecule has 1 aliphatic heterocycles. The zero-order valence-corrected chi connectivity index (χ0v) is 12.4. The Bertz CT molecular complexity index is 307. The van der Waals surface area contributed by atoms with Gasteiger partial charge in [0.15, 0.2) is 0 Å². The van der Waals surface area contributed by atoms with Crippen molar-refractivity contribution >= 4 is 54.6 Å². The molecule has 0 bridgehead atoms. The van der Waals surface area contributed by atoms with Gasteiger partial charge in [-0.1, -0.05) is 11.6 Å². The maximum absolute atomic E-state index is 5.77. The van der Waals surface area contributed by atoms with E-state index in [1.165, 1.54) is 6.42 Å². The molecule has 1 fully saturated rings. The third-order valence-corrected chi connectivity index (χ3v) is 2.88. The lowest BCUT2D eigenvalue weighted by Gasteiger charge is -2.16. The van der Waals surface area contributed by atoms with Gasteiger partial charge < -0.3 is 10.6 Å². The molecule has 1 aromatic rings. The van der Waals surface area contributed by atoms with Crippen LogP contribution in [0.1, 0.15) is 6.42 Å². The van der Waals surface area contributed by atoms with Gasteiger partial charge in [0, 0.05) is 19.3 Å². The third kappa shape index (κ3) is 5.06. The summed E-state index contributed by atoms with van der Waals surface area (Å²) in [7, 11) is 0. The Morgan fingerprint density at radius 2 is 2.06 bits per heavy atom. The monoisotopic (exact) mass is 319 g/mol. The van der Waals surface area contributed by atoms with Gasteiger partial charge in [-0.2, -0.15) is 0 Å². The van der Waals surface area contributed by atoms with Crippen molar-refractivity contribution in [1.82, 2.24) is 4.98 Å². The first kappa shape index (κ1) is 19.4. The van der Waals surface area contributed by atoms with Gasteiger partial charge in [-0.15, -0.1) is 37.2 Å². The summed E-state index contributed by atoms with van der Waals surface area (Å²) in [5.41, 5.74) is 5.63. The number of nitrogens with two attached hydrogens (primary N) is 1. The van der Waals surface area contributed by atoms with Crippen LogP contribution in [-0.4, -0.2) is 24.6 Å². The molecule has 2 N–H and O–H groups in total. The number of anilines is 1. The summed E-state index contributed by atoms with van der Waals surface area (Å²) in [6.07, 6.45) is 2.85. The molecule has 1 unspecified atom stereocenters. The Morgan fingerprint density at radius 3 is 2.53 bits per heavy atom. The van der Waals surface area contributed by atoms with Gasteiger partial charge in [-0.25, -0.2) is 4.98 Å². The van der Waals surface area contributed by atoms with Crippen LogP contribution in [0.25, 0.3) is 0 Å². The summed E-state index contributed by atoms with van der Waals surface area (Å²) < 4.78 is 0. The van der Waals surface area contributed by atoms with E-state index in [9.17, 15) is 0 Å². The minimum atomic E-state index is 0. The molecular formula is C10H17Cl4N3. The molecule has 1 aromatic heterocycles. The van der Waals surface area contributed by atoms with Crippen LogP contribution in [0.2, 0.25) is 5.02 Å². The highest BCUT2D eigenvalue weighted by atomic mass is 35.5. The Balaban J connectivity index is 0. The fraction of sp³-hybridized carbons (Fsp3) is 0.500. The Labute approximate surface area is 125 Å². The van der Waals surface area contributed by atoms with E-state index in [0.717, 1.165) is 25.5 Å². The van der Waals surface area contributed by atoms with Crippen molar-refractivity contribution in [2.45, 2.75) is 6.42 Å². The standard InChI is InChI=1S/C10H14ClN3.3ClH/c11-9-1-2-10(13-6-9)14-4-3-8(5-12)7-14;;;/h1-2,6,8H,3-5,7,12H2;3*1H. The summed E-state index contributed by atoms with van der Waals surface area (Å²) in [6.45, 7) is 2.84. The number of pyridine rings is 1. The molecule has 0 spiro atoms.